The molecule has 10 heteroatoms. The summed E-state index contributed by atoms with van der Waals surface area (Å²) >= 11 is 1.93. The molecule has 0 aromatic heterocycles. The molecule has 0 fully saturated rings. The highest BCUT2D eigenvalue weighted by molar-refractivity contribution is 14.1. The van der Waals surface area contributed by atoms with E-state index in [2.05, 4.69) is 21.3 Å². The second kappa shape index (κ2) is 13.2. The molecule has 166 valence electrons. The number of carbonyl (C=O) groups is 4. The SMILES string of the molecule is CC(C)[C@H](NC(=O)CCNC(=O)CI)C(=O)N[C@@H](C)C(=O)Nc1ccc(CO)cc1. The van der Waals surface area contributed by atoms with Gasteiger partial charge in [0.25, 0.3) is 0 Å². The quantitative estimate of drug-likeness (QED) is 0.211. The maximum absolute atomic E-state index is 12.6. The molecule has 5 N–H and O–H groups in total. The highest BCUT2D eigenvalue weighted by Gasteiger charge is 2.26. The monoisotopic (exact) mass is 532 g/mol. The van der Waals surface area contributed by atoms with E-state index in [-0.39, 0.29) is 37.3 Å². The number of carbonyl (C=O) groups excluding carboxylic acids is 4. The van der Waals surface area contributed by atoms with Crippen molar-refractivity contribution < 1.29 is 24.3 Å². The fourth-order valence-electron chi connectivity index (χ4n) is 2.46. The van der Waals surface area contributed by atoms with Crippen LogP contribution in [0.2, 0.25) is 0 Å². The lowest BCUT2D eigenvalue weighted by Gasteiger charge is -2.24. The van der Waals surface area contributed by atoms with Gasteiger partial charge in [0.05, 0.1) is 11.0 Å². The van der Waals surface area contributed by atoms with Crippen molar-refractivity contribution in [1.82, 2.24) is 16.0 Å². The first-order valence-electron chi connectivity index (χ1n) is 9.61. The normalized spacial score (nSPS) is 12.6. The van der Waals surface area contributed by atoms with Crippen LogP contribution in [0.15, 0.2) is 24.3 Å². The van der Waals surface area contributed by atoms with Crippen LogP contribution in [-0.4, -0.2) is 51.8 Å². The van der Waals surface area contributed by atoms with Crippen LogP contribution in [0.25, 0.3) is 0 Å². The summed E-state index contributed by atoms with van der Waals surface area (Å²) in [5.41, 5.74) is 1.26. The molecule has 0 saturated carbocycles. The fraction of sp³-hybridized carbons (Fsp3) is 0.500. The van der Waals surface area contributed by atoms with Gasteiger partial charge in [-0.15, -0.1) is 0 Å². The summed E-state index contributed by atoms with van der Waals surface area (Å²) in [6.45, 7) is 5.22. The number of nitrogens with one attached hydrogen (secondary N) is 4. The molecular formula is C20H29IN4O5. The van der Waals surface area contributed by atoms with Crippen molar-refractivity contribution in [3.05, 3.63) is 29.8 Å². The fourth-order valence-corrected chi connectivity index (χ4v) is 2.73. The molecule has 0 heterocycles. The Morgan fingerprint density at radius 1 is 0.967 bits per heavy atom. The van der Waals surface area contributed by atoms with Crippen LogP contribution in [0, 0.1) is 5.92 Å². The van der Waals surface area contributed by atoms with Gasteiger partial charge in [-0.25, -0.2) is 0 Å². The second-order valence-electron chi connectivity index (χ2n) is 7.10. The third kappa shape index (κ3) is 9.08. The van der Waals surface area contributed by atoms with Gasteiger partial charge < -0.3 is 26.4 Å². The first kappa shape index (κ1) is 25.8. The van der Waals surface area contributed by atoms with Gasteiger partial charge in [-0.1, -0.05) is 48.6 Å². The minimum absolute atomic E-state index is 0.0543. The number of rotatable bonds is 11. The van der Waals surface area contributed by atoms with E-state index in [1.807, 2.05) is 22.6 Å². The molecule has 0 aliphatic carbocycles. The minimum atomic E-state index is -0.823. The number of alkyl halides is 1. The summed E-state index contributed by atoms with van der Waals surface area (Å²) in [4.78, 5) is 48.3. The van der Waals surface area contributed by atoms with Crippen molar-refractivity contribution in [2.24, 2.45) is 5.92 Å². The van der Waals surface area contributed by atoms with Crippen molar-refractivity contribution in [3.8, 4) is 0 Å². The van der Waals surface area contributed by atoms with E-state index in [0.717, 1.165) is 5.56 Å². The van der Waals surface area contributed by atoms with Crippen molar-refractivity contribution in [2.75, 3.05) is 16.3 Å². The highest BCUT2D eigenvalue weighted by Crippen LogP contribution is 2.10. The van der Waals surface area contributed by atoms with Crippen molar-refractivity contribution in [3.63, 3.8) is 0 Å². The summed E-state index contributed by atoms with van der Waals surface area (Å²) in [7, 11) is 0. The first-order chi connectivity index (χ1) is 14.2. The lowest BCUT2D eigenvalue weighted by Crippen LogP contribution is -2.54. The maximum Gasteiger partial charge on any atom is 0.246 e. The van der Waals surface area contributed by atoms with E-state index in [9.17, 15) is 19.2 Å². The Bertz CT molecular complexity index is 739. The van der Waals surface area contributed by atoms with Gasteiger partial charge in [-0.3, -0.25) is 19.2 Å². The zero-order valence-corrected chi connectivity index (χ0v) is 19.5. The third-order valence-electron chi connectivity index (χ3n) is 4.22. The smallest absolute Gasteiger partial charge is 0.246 e. The standard InChI is InChI=1S/C20H29IN4O5/c1-12(2)18(25-16(27)8-9-22-17(28)10-21)20(30)23-13(3)19(29)24-15-6-4-14(11-26)5-7-15/h4-7,12-13,18,26H,8-11H2,1-3H3,(H,22,28)(H,23,30)(H,24,29)(H,25,27)/t13-,18-/m0/s1. The van der Waals surface area contributed by atoms with Crippen LogP contribution >= 0.6 is 22.6 Å². The zero-order chi connectivity index (χ0) is 22.7. The number of hydrogen-bond acceptors (Lipinski definition) is 5. The molecule has 2 atom stereocenters. The number of aliphatic hydroxyl groups is 1. The molecule has 1 aromatic carbocycles. The molecule has 1 rings (SSSR count). The Kier molecular flexibility index (Phi) is 11.3. The molecule has 0 saturated heterocycles. The van der Waals surface area contributed by atoms with Gasteiger partial charge in [-0.2, -0.15) is 0 Å². The summed E-state index contributed by atoms with van der Waals surface area (Å²) in [5, 5.41) is 19.6. The summed E-state index contributed by atoms with van der Waals surface area (Å²) in [6.07, 6.45) is 0.0543. The number of aliphatic hydroxyl groups excluding tert-OH is 1. The van der Waals surface area contributed by atoms with Gasteiger partial charge in [0.1, 0.15) is 12.1 Å². The molecule has 30 heavy (non-hydrogen) atoms. The predicted octanol–water partition coefficient (Wildman–Crippen LogP) is 0.704. The summed E-state index contributed by atoms with van der Waals surface area (Å²) in [5.74, 6) is -1.59. The van der Waals surface area contributed by atoms with Crippen LogP contribution < -0.4 is 21.3 Å². The molecule has 4 amide bonds. The Hall–Kier alpha value is -2.21. The molecular weight excluding hydrogens is 503 g/mol. The van der Waals surface area contributed by atoms with Gasteiger partial charge >= 0.3 is 0 Å². The lowest BCUT2D eigenvalue weighted by molar-refractivity contribution is -0.131. The molecule has 1 aromatic rings. The van der Waals surface area contributed by atoms with Crippen LogP contribution in [0.5, 0.6) is 0 Å². The highest BCUT2D eigenvalue weighted by atomic mass is 127. The molecule has 0 bridgehead atoms. The Morgan fingerprint density at radius 3 is 2.13 bits per heavy atom. The van der Waals surface area contributed by atoms with Crippen LogP contribution in [0.4, 0.5) is 5.69 Å². The summed E-state index contributed by atoms with van der Waals surface area (Å²) in [6, 6.07) is 5.06. The summed E-state index contributed by atoms with van der Waals surface area (Å²) < 4.78 is 0.307. The Labute approximate surface area is 189 Å². The average molecular weight is 532 g/mol. The largest absolute Gasteiger partial charge is 0.392 e. The van der Waals surface area contributed by atoms with E-state index >= 15 is 0 Å². The van der Waals surface area contributed by atoms with E-state index in [1.165, 1.54) is 0 Å². The second-order valence-corrected chi connectivity index (χ2v) is 7.86. The molecule has 0 radical (unpaired) electrons. The van der Waals surface area contributed by atoms with Crippen molar-refractivity contribution >= 4 is 51.9 Å². The van der Waals surface area contributed by atoms with E-state index in [0.29, 0.717) is 10.1 Å². The molecule has 0 aliphatic heterocycles. The minimum Gasteiger partial charge on any atom is -0.392 e. The Morgan fingerprint density at radius 2 is 1.60 bits per heavy atom. The molecule has 0 unspecified atom stereocenters. The van der Waals surface area contributed by atoms with Gasteiger partial charge in [0, 0.05) is 18.7 Å². The van der Waals surface area contributed by atoms with E-state index in [1.54, 1.807) is 45.0 Å². The van der Waals surface area contributed by atoms with Crippen molar-refractivity contribution in [1.29, 1.82) is 0 Å². The predicted molar refractivity (Wildman–Crippen MR) is 122 cm³/mol. The number of halogens is 1. The van der Waals surface area contributed by atoms with E-state index in [4.69, 9.17) is 5.11 Å². The number of anilines is 1. The van der Waals surface area contributed by atoms with Crippen LogP contribution in [-0.2, 0) is 25.8 Å². The average Bonchev–Trinajstić information content (AvgIpc) is 2.71. The van der Waals surface area contributed by atoms with Gasteiger partial charge in [-0.05, 0) is 30.5 Å². The molecule has 9 nitrogen and oxygen atoms in total. The first-order valence-corrected chi connectivity index (χ1v) is 11.1. The van der Waals surface area contributed by atoms with Crippen LogP contribution in [0.1, 0.15) is 32.8 Å². The van der Waals surface area contributed by atoms with Crippen LogP contribution in [0.3, 0.4) is 0 Å². The zero-order valence-electron chi connectivity index (χ0n) is 17.3. The topological polar surface area (TPSA) is 137 Å². The van der Waals surface area contributed by atoms with E-state index < -0.39 is 23.9 Å². The third-order valence-corrected chi connectivity index (χ3v) is 4.91. The lowest BCUT2D eigenvalue weighted by atomic mass is 10.0. The maximum atomic E-state index is 12.6. The molecule has 0 spiro atoms. The number of hydrogen-bond donors (Lipinski definition) is 5. The van der Waals surface area contributed by atoms with Gasteiger partial charge in [0.2, 0.25) is 23.6 Å². The number of benzene rings is 1. The van der Waals surface area contributed by atoms with Crippen molar-refractivity contribution in [2.45, 2.75) is 45.9 Å². The van der Waals surface area contributed by atoms with Gasteiger partial charge in [0.15, 0.2) is 0 Å². The Balaban J connectivity index is 2.58. The number of amides is 4. The molecule has 0 aliphatic rings.